The molecule has 0 aliphatic rings. The van der Waals surface area contributed by atoms with Gasteiger partial charge in [-0.2, -0.15) is 0 Å². The van der Waals surface area contributed by atoms with E-state index < -0.39 is 18.3 Å². The van der Waals surface area contributed by atoms with Crippen molar-refractivity contribution in [2.24, 2.45) is 0 Å². The lowest BCUT2D eigenvalue weighted by molar-refractivity contribution is 0.0148. The predicted octanol–water partition coefficient (Wildman–Crippen LogP) is 1.92. The molecule has 1 heterocycles. The van der Waals surface area contributed by atoms with Crippen molar-refractivity contribution >= 4 is 22.8 Å². The third-order valence-electron chi connectivity index (χ3n) is 4.30. The van der Waals surface area contributed by atoms with E-state index in [2.05, 4.69) is 15.3 Å². The normalized spacial score (nSPS) is 13.1. The number of nitrogen functional groups attached to an aromatic ring is 1. The van der Waals surface area contributed by atoms with Gasteiger partial charge in [0.1, 0.15) is 12.7 Å². The van der Waals surface area contributed by atoms with Gasteiger partial charge in [-0.3, -0.25) is 9.97 Å². The minimum absolute atomic E-state index is 0.109. The molecule has 2 unspecified atom stereocenters. The Morgan fingerprint density at radius 2 is 1.86 bits per heavy atom. The van der Waals surface area contributed by atoms with Crippen LogP contribution in [0.1, 0.15) is 23.7 Å². The second-order valence-corrected chi connectivity index (χ2v) is 6.28. The van der Waals surface area contributed by atoms with Gasteiger partial charge in [-0.05, 0) is 24.1 Å². The van der Waals surface area contributed by atoms with Gasteiger partial charge >= 0.3 is 6.09 Å². The lowest BCUT2D eigenvalue weighted by Crippen LogP contribution is -2.30. The molecular weight excluding hydrogens is 360 g/mol. The quantitative estimate of drug-likeness (QED) is 0.459. The molecule has 0 aliphatic heterocycles. The highest BCUT2D eigenvalue weighted by molar-refractivity contribution is 5.83. The van der Waals surface area contributed by atoms with E-state index in [0.717, 1.165) is 5.56 Å². The van der Waals surface area contributed by atoms with Crippen molar-refractivity contribution in [1.29, 1.82) is 0 Å². The predicted molar refractivity (Wildman–Crippen MR) is 104 cm³/mol. The molecule has 0 saturated carbocycles. The maximum absolute atomic E-state index is 11.8. The first-order chi connectivity index (χ1) is 13.6. The number of nitrogens with zero attached hydrogens (tertiary/aromatic N) is 2. The summed E-state index contributed by atoms with van der Waals surface area (Å²) in [5, 5.41) is 23.4. The molecule has 8 heteroatoms. The molecule has 1 aromatic heterocycles. The van der Waals surface area contributed by atoms with Crippen LogP contribution in [0.3, 0.4) is 0 Å². The summed E-state index contributed by atoms with van der Waals surface area (Å²) in [6, 6.07) is 12.6. The van der Waals surface area contributed by atoms with Gasteiger partial charge < -0.3 is 26.0 Å². The molecule has 2 aromatic carbocycles. The van der Waals surface area contributed by atoms with Gasteiger partial charge in [0.15, 0.2) is 0 Å². The highest BCUT2D eigenvalue weighted by Gasteiger charge is 2.23. The number of rotatable bonds is 7. The lowest BCUT2D eigenvalue weighted by atomic mass is 9.98. The van der Waals surface area contributed by atoms with E-state index in [1.807, 2.05) is 30.3 Å². The first-order valence-electron chi connectivity index (χ1n) is 8.86. The molecule has 5 N–H and O–H groups in total. The average molecular weight is 382 g/mol. The minimum atomic E-state index is -1.26. The Kier molecular flexibility index (Phi) is 6.36. The smallest absolute Gasteiger partial charge is 0.407 e. The van der Waals surface area contributed by atoms with Crippen molar-refractivity contribution in [3.8, 4) is 0 Å². The maximum Gasteiger partial charge on any atom is 0.407 e. The van der Waals surface area contributed by atoms with E-state index >= 15 is 0 Å². The second kappa shape index (κ2) is 9.12. The zero-order valence-corrected chi connectivity index (χ0v) is 15.2. The van der Waals surface area contributed by atoms with Crippen molar-refractivity contribution in [3.63, 3.8) is 0 Å². The number of nitrogens with one attached hydrogen (secondary N) is 1. The summed E-state index contributed by atoms with van der Waals surface area (Å²) in [5.41, 5.74) is 8.49. The van der Waals surface area contributed by atoms with E-state index in [-0.39, 0.29) is 19.6 Å². The fourth-order valence-electron chi connectivity index (χ4n) is 2.83. The van der Waals surface area contributed by atoms with Gasteiger partial charge in [-0.15, -0.1) is 0 Å². The minimum Gasteiger partial charge on any atom is -0.445 e. The van der Waals surface area contributed by atoms with Crippen LogP contribution in [0.4, 0.5) is 10.5 Å². The Labute approximate surface area is 162 Å². The van der Waals surface area contributed by atoms with Gasteiger partial charge in [0, 0.05) is 30.2 Å². The number of amides is 1. The van der Waals surface area contributed by atoms with Crippen molar-refractivity contribution in [1.82, 2.24) is 15.3 Å². The number of anilines is 1. The number of alkyl carbamates (subject to hydrolysis) is 1. The average Bonchev–Trinajstić information content (AvgIpc) is 2.72. The molecule has 146 valence electrons. The standard InChI is InChI=1S/C20H22N4O4/c21-14-6-7-15-18(23-11-10-22-15)17(14)19(26)16(25)8-9-24-20(27)28-12-13-4-2-1-3-5-13/h1-7,10-11,16,19,25-26H,8-9,12,21H2,(H,24,27). The molecule has 3 aromatic rings. The molecule has 3 rings (SSSR count). The van der Waals surface area contributed by atoms with Crippen molar-refractivity contribution in [2.75, 3.05) is 12.3 Å². The number of hydrogen-bond acceptors (Lipinski definition) is 7. The third-order valence-corrected chi connectivity index (χ3v) is 4.30. The van der Waals surface area contributed by atoms with Crippen LogP contribution < -0.4 is 11.1 Å². The molecule has 1 amide bonds. The van der Waals surface area contributed by atoms with E-state index in [0.29, 0.717) is 22.3 Å². The van der Waals surface area contributed by atoms with Gasteiger partial charge in [0.05, 0.1) is 17.1 Å². The van der Waals surface area contributed by atoms with Crippen LogP contribution in [0.5, 0.6) is 0 Å². The van der Waals surface area contributed by atoms with Gasteiger partial charge in [0.25, 0.3) is 0 Å². The van der Waals surface area contributed by atoms with E-state index in [4.69, 9.17) is 10.5 Å². The number of nitrogens with two attached hydrogens (primary N) is 1. The van der Waals surface area contributed by atoms with Gasteiger partial charge in [-0.1, -0.05) is 30.3 Å². The highest BCUT2D eigenvalue weighted by atomic mass is 16.5. The Morgan fingerprint density at radius 3 is 2.64 bits per heavy atom. The molecule has 8 nitrogen and oxygen atoms in total. The second-order valence-electron chi connectivity index (χ2n) is 6.28. The topological polar surface area (TPSA) is 131 Å². The molecule has 0 bridgehead atoms. The van der Waals surface area contributed by atoms with Crippen LogP contribution in [0.25, 0.3) is 11.0 Å². The van der Waals surface area contributed by atoms with E-state index in [1.54, 1.807) is 12.1 Å². The molecule has 0 aliphatic carbocycles. The SMILES string of the molecule is Nc1ccc2nccnc2c1C(O)C(O)CCNC(=O)OCc1ccccc1. The summed E-state index contributed by atoms with van der Waals surface area (Å²) >= 11 is 0. The number of aromatic nitrogens is 2. The number of aliphatic hydroxyl groups excluding tert-OH is 2. The Bertz CT molecular complexity index is 936. The number of carbonyl (C=O) groups is 1. The van der Waals surface area contributed by atoms with Crippen LogP contribution in [0.15, 0.2) is 54.9 Å². The van der Waals surface area contributed by atoms with Crippen LogP contribution in [-0.4, -0.2) is 38.9 Å². The van der Waals surface area contributed by atoms with Crippen molar-refractivity contribution in [3.05, 3.63) is 66.0 Å². The fourth-order valence-corrected chi connectivity index (χ4v) is 2.83. The summed E-state index contributed by atoms with van der Waals surface area (Å²) in [6.45, 7) is 0.283. The van der Waals surface area contributed by atoms with Gasteiger partial charge in [-0.25, -0.2) is 4.79 Å². The molecular formula is C20H22N4O4. The maximum atomic E-state index is 11.8. The zero-order valence-electron chi connectivity index (χ0n) is 15.2. The molecule has 2 atom stereocenters. The molecule has 0 saturated heterocycles. The first kappa shape index (κ1) is 19.5. The van der Waals surface area contributed by atoms with Gasteiger partial charge in [0.2, 0.25) is 0 Å². The van der Waals surface area contributed by atoms with Crippen LogP contribution in [0, 0.1) is 0 Å². The summed E-state index contributed by atoms with van der Waals surface area (Å²) in [6.07, 6.45) is 0.135. The Hall–Kier alpha value is -3.23. The number of benzene rings is 2. The van der Waals surface area contributed by atoms with Crippen LogP contribution in [-0.2, 0) is 11.3 Å². The Balaban J connectivity index is 1.53. The number of hydrogen-bond donors (Lipinski definition) is 4. The number of fused-ring (bicyclic) bond motifs is 1. The van der Waals surface area contributed by atoms with Crippen LogP contribution >= 0.6 is 0 Å². The number of aliphatic hydroxyl groups is 2. The Morgan fingerprint density at radius 1 is 1.11 bits per heavy atom. The summed E-state index contributed by atoms with van der Waals surface area (Å²) in [5.74, 6) is 0. The van der Waals surface area contributed by atoms with E-state index in [1.165, 1.54) is 12.4 Å². The largest absolute Gasteiger partial charge is 0.445 e. The summed E-state index contributed by atoms with van der Waals surface area (Å²) in [7, 11) is 0. The molecule has 0 fully saturated rings. The molecule has 0 spiro atoms. The lowest BCUT2D eigenvalue weighted by Gasteiger charge is -2.20. The van der Waals surface area contributed by atoms with Crippen LogP contribution in [0.2, 0.25) is 0 Å². The first-order valence-corrected chi connectivity index (χ1v) is 8.86. The fraction of sp³-hybridized carbons (Fsp3) is 0.250. The number of carbonyl (C=O) groups excluding carboxylic acids is 1. The molecule has 28 heavy (non-hydrogen) atoms. The summed E-state index contributed by atoms with van der Waals surface area (Å²) in [4.78, 5) is 20.1. The highest BCUT2D eigenvalue weighted by Crippen LogP contribution is 2.30. The monoisotopic (exact) mass is 382 g/mol. The molecule has 0 radical (unpaired) electrons. The number of ether oxygens (including phenoxy) is 1. The summed E-state index contributed by atoms with van der Waals surface area (Å²) < 4.78 is 5.10. The van der Waals surface area contributed by atoms with E-state index in [9.17, 15) is 15.0 Å². The third kappa shape index (κ3) is 4.73. The zero-order chi connectivity index (χ0) is 19.9. The van der Waals surface area contributed by atoms with Crippen molar-refractivity contribution in [2.45, 2.75) is 25.2 Å². The van der Waals surface area contributed by atoms with Crippen molar-refractivity contribution < 1.29 is 19.7 Å².